The lowest BCUT2D eigenvalue weighted by Gasteiger charge is -2.17. The molecule has 2 aliphatic rings. The number of hydrogen-bond acceptors (Lipinski definition) is 5. The van der Waals surface area contributed by atoms with Crippen molar-refractivity contribution in [1.82, 2.24) is 5.64 Å². The molecule has 2 unspecified atom stereocenters. The minimum atomic E-state index is 0.198. The molecule has 1 N–H and O–H groups in total. The van der Waals surface area contributed by atoms with Crippen LogP contribution in [-0.2, 0) is 13.9 Å². The fraction of sp³-hybridized carbons (Fsp3) is 0.692. The van der Waals surface area contributed by atoms with Crippen molar-refractivity contribution in [3.05, 3.63) is 23.1 Å². The van der Waals surface area contributed by atoms with Crippen LogP contribution in [0.3, 0.4) is 0 Å². The van der Waals surface area contributed by atoms with Gasteiger partial charge in [0.1, 0.15) is 0 Å². The van der Waals surface area contributed by atoms with Crippen LogP contribution in [-0.4, -0.2) is 18.8 Å². The normalized spacial score (nSPS) is 26.5. The summed E-state index contributed by atoms with van der Waals surface area (Å²) in [6.45, 7) is 5.03. The molecule has 1 heterocycles. The van der Waals surface area contributed by atoms with E-state index in [2.05, 4.69) is 37.7 Å². The van der Waals surface area contributed by atoms with Crippen molar-refractivity contribution in [3.8, 4) is 0 Å². The zero-order valence-corrected chi connectivity index (χ0v) is 11.7. The number of nitrogens with one attached hydrogen (secondary N) is 1. The molecule has 1 fully saturated rings. The fourth-order valence-corrected chi connectivity index (χ4v) is 2.60. The van der Waals surface area contributed by atoms with Crippen LogP contribution in [0, 0.1) is 5.92 Å². The van der Waals surface area contributed by atoms with E-state index < -0.39 is 0 Å². The Morgan fingerprint density at radius 3 is 3.11 bits per heavy atom. The molecule has 4 nitrogen and oxygen atoms in total. The first-order valence-corrected chi connectivity index (χ1v) is 7.33. The van der Waals surface area contributed by atoms with E-state index in [-0.39, 0.29) is 12.2 Å². The van der Waals surface area contributed by atoms with E-state index >= 15 is 0 Å². The number of rotatable bonds is 7. The Bertz CT molecular complexity index is 315. The Kier molecular flexibility index (Phi) is 5.72. The molecule has 5 heteroatoms. The van der Waals surface area contributed by atoms with Crippen LogP contribution in [0.2, 0.25) is 0 Å². The zero-order chi connectivity index (χ0) is 12.8. The van der Waals surface area contributed by atoms with Crippen LogP contribution in [0.5, 0.6) is 0 Å². The molecule has 0 bridgehead atoms. The second kappa shape index (κ2) is 7.31. The molecule has 102 valence electrons. The lowest BCUT2D eigenvalue weighted by Crippen LogP contribution is -2.21. The minimum Gasteiger partial charge on any atom is -0.373 e. The van der Waals surface area contributed by atoms with E-state index in [4.69, 9.17) is 13.9 Å². The molecule has 0 amide bonds. The quantitative estimate of drug-likeness (QED) is 0.437. The molecule has 0 aromatic rings. The third kappa shape index (κ3) is 3.83. The Labute approximate surface area is 113 Å². The number of hydrogen-bond donors (Lipinski definition) is 1. The van der Waals surface area contributed by atoms with Crippen LogP contribution in [0.25, 0.3) is 0 Å². The van der Waals surface area contributed by atoms with Gasteiger partial charge >= 0.3 is 0 Å². The third-order valence-electron chi connectivity index (χ3n) is 3.32. The van der Waals surface area contributed by atoms with Crippen LogP contribution in [0.15, 0.2) is 23.1 Å². The summed E-state index contributed by atoms with van der Waals surface area (Å²) in [4.78, 5) is 6.40. The molecule has 1 saturated heterocycles. The Morgan fingerprint density at radius 2 is 2.33 bits per heavy atom. The van der Waals surface area contributed by atoms with Gasteiger partial charge in [0.2, 0.25) is 0 Å². The first-order valence-electron chi connectivity index (χ1n) is 6.59. The molecular formula is C13H21NO3S. The number of ether oxygens (including phenoxy) is 1. The second-order valence-corrected chi connectivity index (χ2v) is 5.33. The van der Waals surface area contributed by atoms with Crippen molar-refractivity contribution in [1.29, 1.82) is 0 Å². The fourth-order valence-electron chi connectivity index (χ4n) is 2.11. The second-order valence-electron chi connectivity index (χ2n) is 4.52. The molecule has 18 heavy (non-hydrogen) atoms. The van der Waals surface area contributed by atoms with E-state index in [0.717, 1.165) is 30.8 Å². The summed E-state index contributed by atoms with van der Waals surface area (Å²) in [5.74, 6) is 0.545. The molecule has 0 aromatic carbocycles. The predicted octanol–water partition coefficient (Wildman–Crippen LogP) is 3.13. The summed E-state index contributed by atoms with van der Waals surface area (Å²) in [5.41, 5.74) is 2.54. The van der Waals surface area contributed by atoms with Gasteiger partial charge in [-0.15, -0.1) is 0 Å². The van der Waals surface area contributed by atoms with E-state index in [0.29, 0.717) is 5.92 Å². The van der Waals surface area contributed by atoms with Gasteiger partial charge in [-0.3, -0.25) is 4.84 Å². The molecule has 0 aromatic heterocycles. The van der Waals surface area contributed by atoms with Crippen molar-refractivity contribution in [2.24, 2.45) is 5.92 Å². The molecule has 0 radical (unpaired) electrons. The summed E-state index contributed by atoms with van der Waals surface area (Å²) in [7, 11) is 0. The monoisotopic (exact) mass is 271 g/mol. The van der Waals surface area contributed by atoms with Gasteiger partial charge in [0.15, 0.2) is 0 Å². The number of fused-ring (bicyclic) bond motifs is 1. The topological polar surface area (TPSA) is 39.7 Å². The molecule has 2 atom stereocenters. The van der Waals surface area contributed by atoms with Crippen molar-refractivity contribution in [3.63, 3.8) is 0 Å². The molecule has 1 aliphatic carbocycles. The van der Waals surface area contributed by atoms with Crippen molar-refractivity contribution < 1.29 is 13.9 Å². The van der Waals surface area contributed by atoms with E-state index in [1.165, 1.54) is 12.0 Å². The maximum atomic E-state index is 5.62. The zero-order valence-electron chi connectivity index (χ0n) is 10.9. The van der Waals surface area contributed by atoms with Crippen molar-refractivity contribution >= 4 is 12.0 Å². The highest BCUT2D eigenvalue weighted by Gasteiger charge is 2.27. The SMILES string of the molecule is CCC(CC)ONOSC1=CC2OCCC2C=C1. The summed E-state index contributed by atoms with van der Waals surface area (Å²) in [6, 6.07) is 0. The number of allylic oxidation sites excluding steroid dienone is 1. The standard InChI is InChI=1S/C13H21NO3S/c1-3-11(4-2)16-14-17-18-12-6-5-10-7-8-15-13(10)9-12/h5-6,9-11,13-14H,3-4,7-8H2,1-2H3. The van der Waals surface area contributed by atoms with Gasteiger partial charge in [-0.05, 0) is 25.3 Å². The van der Waals surface area contributed by atoms with Crippen molar-refractivity contribution in [2.45, 2.75) is 45.3 Å². The minimum absolute atomic E-state index is 0.198. The Balaban J connectivity index is 1.66. The van der Waals surface area contributed by atoms with Crippen LogP contribution in [0.4, 0.5) is 0 Å². The maximum Gasteiger partial charge on any atom is 0.0833 e. The van der Waals surface area contributed by atoms with Gasteiger partial charge in [-0.25, -0.2) is 4.28 Å². The largest absolute Gasteiger partial charge is 0.373 e. The van der Waals surface area contributed by atoms with E-state index in [9.17, 15) is 0 Å². The van der Waals surface area contributed by atoms with Gasteiger partial charge in [-0.2, -0.15) is 0 Å². The summed E-state index contributed by atoms with van der Waals surface area (Å²) in [5, 5.41) is 0. The maximum absolute atomic E-state index is 5.62. The third-order valence-corrected chi connectivity index (χ3v) is 3.93. The van der Waals surface area contributed by atoms with E-state index in [1.54, 1.807) is 0 Å². The van der Waals surface area contributed by atoms with E-state index in [1.807, 2.05) is 0 Å². The Morgan fingerprint density at radius 1 is 1.50 bits per heavy atom. The smallest absolute Gasteiger partial charge is 0.0833 e. The lowest BCUT2D eigenvalue weighted by molar-refractivity contribution is -0.137. The Hall–Kier alpha value is -0.330. The average Bonchev–Trinajstić information content (AvgIpc) is 2.86. The van der Waals surface area contributed by atoms with Crippen LogP contribution < -0.4 is 5.64 Å². The first kappa shape index (κ1) is 14.1. The van der Waals surface area contributed by atoms with Gasteiger partial charge in [-0.1, -0.05) is 31.6 Å². The molecule has 2 rings (SSSR count). The molecular weight excluding hydrogens is 250 g/mol. The molecule has 1 aliphatic heterocycles. The van der Waals surface area contributed by atoms with Gasteiger partial charge < -0.3 is 4.74 Å². The first-order chi connectivity index (χ1) is 8.83. The highest BCUT2D eigenvalue weighted by molar-refractivity contribution is 7.98. The van der Waals surface area contributed by atoms with Gasteiger partial charge in [0.25, 0.3) is 0 Å². The highest BCUT2D eigenvalue weighted by Crippen LogP contribution is 2.32. The van der Waals surface area contributed by atoms with Gasteiger partial charge in [0, 0.05) is 17.4 Å². The lowest BCUT2D eigenvalue weighted by atomic mass is 9.97. The summed E-state index contributed by atoms with van der Waals surface area (Å²) >= 11 is 1.27. The van der Waals surface area contributed by atoms with Crippen LogP contribution >= 0.6 is 12.0 Å². The van der Waals surface area contributed by atoms with Crippen molar-refractivity contribution in [2.75, 3.05) is 6.61 Å². The average molecular weight is 271 g/mol. The predicted molar refractivity (Wildman–Crippen MR) is 72.3 cm³/mol. The molecule has 0 saturated carbocycles. The van der Waals surface area contributed by atoms with Gasteiger partial charge in [0.05, 0.1) is 24.3 Å². The molecule has 0 spiro atoms. The highest BCUT2D eigenvalue weighted by atomic mass is 32.2. The summed E-state index contributed by atoms with van der Waals surface area (Å²) in [6.07, 6.45) is 9.87. The summed E-state index contributed by atoms with van der Waals surface area (Å²) < 4.78 is 10.8. The van der Waals surface area contributed by atoms with Crippen LogP contribution in [0.1, 0.15) is 33.1 Å².